The number of benzene rings is 2. The van der Waals surface area contributed by atoms with E-state index in [-0.39, 0.29) is 24.6 Å². The second-order valence-corrected chi connectivity index (χ2v) is 8.57. The smallest absolute Gasteiger partial charge is 0.264 e. The van der Waals surface area contributed by atoms with Crippen molar-refractivity contribution in [2.75, 3.05) is 30.0 Å². The van der Waals surface area contributed by atoms with Crippen molar-refractivity contribution in [2.45, 2.75) is 39.0 Å². The van der Waals surface area contributed by atoms with Crippen molar-refractivity contribution in [2.24, 2.45) is 16.5 Å². The molecule has 0 saturated carbocycles. The summed E-state index contributed by atoms with van der Waals surface area (Å²) in [5.74, 6) is 0.0705. The van der Waals surface area contributed by atoms with Gasteiger partial charge in [0.25, 0.3) is 5.91 Å². The van der Waals surface area contributed by atoms with Crippen molar-refractivity contribution in [3.8, 4) is 5.75 Å². The van der Waals surface area contributed by atoms with Gasteiger partial charge in [0.2, 0.25) is 12.3 Å². The van der Waals surface area contributed by atoms with E-state index < -0.39 is 5.91 Å². The number of rotatable bonds is 10. The second-order valence-electron chi connectivity index (χ2n) is 8.57. The molecule has 1 heterocycles. The van der Waals surface area contributed by atoms with Gasteiger partial charge >= 0.3 is 0 Å². The Morgan fingerprint density at radius 1 is 1.08 bits per heavy atom. The maximum Gasteiger partial charge on any atom is 0.264 e. The summed E-state index contributed by atoms with van der Waals surface area (Å²) in [6.07, 6.45) is 4.48. The number of methoxy groups -OCH3 is 1. The molecule has 0 spiro atoms. The van der Waals surface area contributed by atoms with Gasteiger partial charge in [-0.3, -0.25) is 19.4 Å². The molecule has 0 bridgehead atoms. The lowest BCUT2D eigenvalue weighted by Gasteiger charge is -2.23. The van der Waals surface area contributed by atoms with Crippen molar-refractivity contribution in [3.63, 3.8) is 0 Å². The van der Waals surface area contributed by atoms with E-state index >= 15 is 0 Å². The first-order valence-electron chi connectivity index (χ1n) is 11.9. The van der Waals surface area contributed by atoms with Gasteiger partial charge in [-0.2, -0.15) is 0 Å². The number of nitrogens with two attached hydrogens (primary N) is 2. The molecule has 3 rings (SSSR count). The number of ether oxygens (including phenoxy) is 1. The zero-order valence-corrected chi connectivity index (χ0v) is 20.8. The van der Waals surface area contributed by atoms with Crippen LogP contribution >= 0.6 is 0 Å². The van der Waals surface area contributed by atoms with E-state index in [4.69, 9.17) is 16.2 Å². The molecule has 1 aliphatic heterocycles. The topological polar surface area (TPSA) is 131 Å². The van der Waals surface area contributed by atoms with E-state index in [0.29, 0.717) is 41.4 Å². The highest BCUT2D eigenvalue weighted by Gasteiger charge is 2.19. The molecule has 9 heteroatoms. The Bertz CT molecular complexity index is 1140. The van der Waals surface area contributed by atoms with Crippen LogP contribution in [0.5, 0.6) is 5.75 Å². The molecule has 0 aromatic heterocycles. The zero-order chi connectivity index (χ0) is 26.1. The van der Waals surface area contributed by atoms with E-state index in [9.17, 15) is 14.4 Å². The van der Waals surface area contributed by atoms with Crippen LogP contribution in [0.25, 0.3) is 0 Å². The Hall–Kier alpha value is -4.14. The number of amides is 3. The van der Waals surface area contributed by atoms with Crippen molar-refractivity contribution >= 4 is 41.0 Å². The van der Waals surface area contributed by atoms with Gasteiger partial charge in [0, 0.05) is 42.2 Å². The fourth-order valence-electron chi connectivity index (χ4n) is 4.13. The maximum absolute atomic E-state index is 12.4. The second kappa shape index (κ2) is 12.5. The Kier molecular flexibility index (Phi) is 9.21. The summed E-state index contributed by atoms with van der Waals surface area (Å²) in [7, 11) is 1.58. The van der Waals surface area contributed by atoms with Gasteiger partial charge in [0.15, 0.2) is 0 Å². The first-order valence-corrected chi connectivity index (χ1v) is 11.9. The SMILES string of the molecule is COc1ccc(N=C(C)C(CCN(C=O)c2ccc(N3CCCCCC3=O)cc2)=C(N)C(N)=O)cc1. The molecule has 0 radical (unpaired) electrons. The Morgan fingerprint density at radius 2 is 1.78 bits per heavy atom. The molecule has 36 heavy (non-hydrogen) atoms. The third-order valence-corrected chi connectivity index (χ3v) is 6.19. The van der Waals surface area contributed by atoms with E-state index in [1.807, 2.05) is 12.1 Å². The molecular weight excluding hydrogens is 458 g/mol. The Labute approximate surface area is 211 Å². The minimum Gasteiger partial charge on any atom is -0.497 e. The van der Waals surface area contributed by atoms with Crippen LogP contribution in [0.1, 0.15) is 39.0 Å². The molecule has 2 aromatic rings. The minimum absolute atomic E-state index is 0.0920. The summed E-state index contributed by atoms with van der Waals surface area (Å²) >= 11 is 0. The van der Waals surface area contributed by atoms with Gasteiger partial charge in [-0.15, -0.1) is 0 Å². The highest BCUT2D eigenvalue weighted by Crippen LogP contribution is 2.25. The van der Waals surface area contributed by atoms with Crippen molar-refractivity contribution in [3.05, 3.63) is 59.8 Å². The molecule has 1 fully saturated rings. The number of primary amides is 1. The van der Waals surface area contributed by atoms with Gasteiger partial charge < -0.3 is 26.0 Å². The van der Waals surface area contributed by atoms with E-state index in [1.54, 1.807) is 55.3 Å². The predicted octanol–water partition coefficient (Wildman–Crippen LogP) is 3.45. The van der Waals surface area contributed by atoms with Gasteiger partial charge in [-0.05, 0) is 74.7 Å². The Morgan fingerprint density at radius 3 is 2.39 bits per heavy atom. The van der Waals surface area contributed by atoms with Crippen molar-refractivity contribution in [1.29, 1.82) is 0 Å². The molecule has 3 amide bonds. The number of aliphatic imine (C=N–C) groups is 1. The Balaban J connectivity index is 1.77. The van der Waals surface area contributed by atoms with Crippen LogP contribution in [0, 0.1) is 0 Å². The predicted molar refractivity (Wildman–Crippen MR) is 141 cm³/mol. The molecule has 190 valence electrons. The van der Waals surface area contributed by atoms with Crippen LogP contribution in [-0.2, 0) is 14.4 Å². The number of carbonyl (C=O) groups excluding carboxylic acids is 3. The molecule has 2 aromatic carbocycles. The van der Waals surface area contributed by atoms with Crippen molar-refractivity contribution in [1.82, 2.24) is 0 Å². The summed E-state index contributed by atoms with van der Waals surface area (Å²) in [5, 5.41) is 0. The lowest BCUT2D eigenvalue weighted by atomic mass is 10.0. The standard InChI is InChI=1S/C27H33N5O4/c1-19(30-20-7-13-23(36-2)14-8-20)24(26(28)27(29)35)15-17-31(18-33)21-9-11-22(12-10-21)32-16-5-3-4-6-25(32)34/h7-14,18H,3-6,15-17,28H2,1-2H3,(H2,29,35). The average Bonchev–Trinajstić information content (AvgIpc) is 3.11. The fraction of sp³-hybridized carbons (Fsp3) is 0.333. The number of hydrogen-bond acceptors (Lipinski definition) is 6. The van der Waals surface area contributed by atoms with Crippen LogP contribution in [0.3, 0.4) is 0 Å². The number of carbonyl (C=O) groups is 3. The van der Waals surface area contributed by atoms with Gasteiger partial charge in [0.05, 0.1) is 12.8 Å². The summed E-state index contributed by atoms with van der Waals surface area (Å²) < 4.78 is 5.17. The molecule has 0 unspecified atom stereocenters. The fourth-order valence-corrected chi connectivity index (χ4v) is 4.13. The average molecular weight is 492 g/mol. The monoisotopic (exact) mass is 491 g/mol. The molecular formula is C27H33N5O4. The highest BCUT2D eigenvalue weighted by molar-refractivity contribution is 6.07. The summed E-state index contributed by atoms with van der Waals surface area (Å²) in [4.78, 5) is 44.0. The molecule has 4 N–H and O–H groups in total. The van der Waals surface area contributed by atoms with E-state index in [2.05, 4.69) is 4.99 Å². The molecule has 1 aliphatic rings. The van der Waals surface area contributed by atoms with Crippen LogP contribution in [0.2, 0.25) is 0 Å². The molecule has 9 nitrogen and oxygen atoms in total. The third kappa shape index (κ3) is 6.71. The molecule has 0 atom stereocenters. The minimum atomic E-state index is -0.751. The third-order valence-electron chi connectivity index (χ3n) is 6.19. The quantitative estimate of drug-likeness (QED) is 0.299. The lowest BCUT2D eigenvalue weighted by Crippen LogP contribution is -2.30. The van der Waals surface area contributed by atoms with E-state index in [0.717, 1.165) is 31.4 Å². The molecule has 0 aliphatic carbocycles. The summed E-state index contributed by atoms with van der Waals surface area (Å²) in [6, 6.07) is 14.4. The normalized spacial score (nSPS) is 15.1. The summed E-state index contributed by atoms with van der Waals surface area (Å²) in [6.45, 7) is 2.70. The largest absolute Gasteiger partial charge is 0.497 e. The first kappa shape index (κ1) is 26.5. The van der Waals surface area contributed by atoms with Crippen molar-refractivity contribution < 1.29 is 19.1 Å². The van der Waals surface area contributed by atoms with Gasteiger partial charge in [0.1, 0.15) is 11.4 Å². The van der Waals surface area contributed by atoms with E-state index in [1.165, 1.54) is 4.90 Å². The number of hydrogen-bond donors (Lipinski definition) is 2. The highest BCUT2D eigenvalue weighted by atomic mass is 16.5. The summed E-state index contributed by atoms with van der Waals surface area (Å²) in [5.41, 5.74) is 14.5. The lowest BCUT2D eigenvalue weighted by molar-refractivity contribution is -0.118. The van der Waals surface area contributed by atoms with Crippen LogP contribution in [-0.4, -0.2) is 44.1 Å². The van der Waals surface area contributed by atoms with Crippen LogP contribution < -0.4 is 26.0 Å². The number of anilines is 2. The van der Waals surface area contributed by atoms with Crippen LogP contribution in [0.15, 0.2) is 64.8 Å². The maximum atomic E-state index is 12.4. The van der Waals surface area contributed by atoms with Gasteiger partial charge in [-0.25, -0.2) is 0 Å². The molecule has 1 saturated heterocycles. The zero-order valence-electron chi connectivity index (χ0n) is 20.8. The number of nitrogens with zero attached hydrogens (tertiary/aromatic N) is 3. The van der Waals surface area contributed by atoms with Crippen LogP contribution in [0.4, 0.5) is 17.1 Å². The first-order chi connectivity index (χ1) is 17.3. The van der Waals surface area contributed by atoms with Gasteiger partial charge in [-0.1, -0.05) is 6.42 Å².